The molecule has 4 aromatic rings. The van der Waals surface area contributed by atoms with Crippen molar-refractivity contribution in [1.82, 2.24) is 39.2 Å². The number of carbonyl (C=O) groups excluding carboxylic acids is 2. The van der Waals surface area contributed by atoms with Crippen LogP contribution in [0.3, 0.4) is 0 Å². The van der Waals surface area contributed by atoms with Crippen molar-refractivity contribution < 1.29 is 9.59 Å². The van der Waals surface area contributed by atoms with Crippen molar-refractivity contribution in [2.24, 2.45) is 5.92 Å². The zero-order valence-electron chi connectivity index (χ0n) is 27.2. The Labute approximate surface area is 279 Å². The predicted octanol–water partition coefficient (Wildman–Crippen LogP) is 3.90. The summed E-state index contributed by atoms with van der Waals surface area (Å²) in [5.74, 6) is 2.50. The molecule has 4 aromatic heterocycles. The second kappa shape index (κ2) is 13.5. The normalized spacial score (nSPS) is 19.9. The fourth-order valence-electron chi connectivity index (χ4n) is 6.41. The maximum Gasteiger partial charge on any atom is 0.264 e. The number of imidazole rings is 1. The summed E-state index contributed by atoms with van der Waals surface area (Å²) < 4.78 is 2.08. The number of nitrogens with zero attached hydrogens (tertiary/aromatic N) is 9. The number of piperazine rings is 1. The topological polar surface area (TPSA) is 150 Å². The lowest BCUT2D eigenvalue weighted by atomic mass is 10.0. The molecule has 2 amide bonds. The number of carbonyl (C=O) groups is 2. The van der Waals surface area contributed by atoms with E-state index in [-0.39, 0.29) is 11.5 Å². The van der Waals surface area contributed by atoms with Crippen LogP contribution in [0.15, 0.2) is 60.4 Å². The number of likely N-dealkylation sites (tertiary alicyclic amines) is 1. The van der Waals surface area contributed by atoms with Gasteiger partial charge in [0.05, 0.1) is 17.4 Å². The summed E-state index contributed by atoms with van der Waals surface area (Å²) in [6, 6.07) is 14.3. The number of aromatic nitrogens is 5. The molecule has 1 atom stereocenters. The minimum absolute atomic E-state index is 0.190. The molecule has 48 heavy (non-hydrogen) atoms. The minimum Gasteiger partial charge on any atom is -0.383 e. The van der Waals surface area contributed by atoms with Crippen LogP contribution in [0, 0.1) is 17.2 Å². The molecular weight excluding hydrogens is 604 g/mol. The van der Waals surface area contributed by atoms with Crippen LogP contribution < -0.4 is 5.73 Å². The lowest BCUT2D eigenvalue weighted by Crippen LogP contribution is -2.48. The average molecular weight is 645 g/mol. The van der Waals surface area contributed by atoms with E-state index in [0.29, 0.717) is 49.8 Å². The molecule has 0 spiro atoms. The summed E-state index contributed by atoms with van der Waals surface area (Å²) in [6.45, 7) is 4.32. The van der Waals surface area contributed by atoms with Gasteiger partial charge in [-0.1, -0.05) is 6.08 Å². The van der Waals surface area contributed by atoms with Crippen LogP contribution in [0.4, 0.5) is 5.82 Å². The number of hydrogen-bond donors (Lipinski definition) is 1. The number of amides is 2. The predicted molar refractivity (Wildman–Crippen MR) is 182 cm³/mol. The summed E-state index contributed by atoms with van der Waals surface area (Å²) in [5, 5.41) is 8.97. The molecule has 4 aliphatic rings. The number of pyridine rings is 3. The third-order valence-corrected chi connectivity index (χ3v) is 9.57. The highest BCUT2D eigenvalue weighted by atomic mass is 16.2. The molecular formula is C36H40N10O2. The highest BCUT2D eigenvalue weighted by Crippen LogP contribution is 2.40. The van der Waals surface area contributed by atoms with Gasteiger partial charge in [-0.2, -0.15) is 5.26 Å². The van der Waals surface area contributed by atoms with E-state index in [9.17, 15) is 9.59 Å². The van der Waals surface area contributed by atoms with Crippen molar-refractivity contribution in [3.05, 3.63) is 71.8 Å². The smallest absolute Gasteiger partial charge is 0.264 e. The molecule has 6 heterocycles. The molecule has 0 bridgehead atoms. The van der Waals surface area contributed by atoms with Gasteiger partial charge in [-0.05, 0) is 88.0 Å². The van der Waals surface area contributed by atoms with E-state index in [1.165, 1.54) is 12.8 Å². The van der Waals surface area contributed by atoms with Crippen LogP contribution >= 0.6 is 0 Å². The van der Waals surface area contributed by atoms with Crippen molar-refractivity contribution in [3.63, 3.8) is 0 Å². The molecule has 12 heteroatoms. The van der Waals surface area contributed by atoms with E-state index < -0.39 is 0 Å². The van der Waals surface area contributed by atoms with E-state index in [2.05, 4.69) is 45.8 Å². The third-order valence-electron chi connectivity index (χ3n) is 9.57. The lowest BCUT2D eigenvalue weighted by Gasteiger charge is -2.32. The molecule has 0 aromatic carbocycles. The van der Waals surface area contributed by atoms with Crippen LogP contribution in [0.2, 0.25) is 0 Å². The highest BCUT2D eigenvalue weighted by molar-refractivity contribution is 5.97. The van der Waals surface area contributed by atoms with Gasteiger partial charge in [-0.15, -0.1) is 0 Å². The molecule has 2 saturated carbocycles. The third kappa shape index (κ3) is 6.78. The van der Waals surface area contributed by atoms with Crippen molar-refractivity contribution >= 4 is 29.3 Å². The van der Waals surface area contributed by atoms with Crippen molar-refractivity contribution in [2.75, 3.05) is 52.0 Å². The molecule has 246 valence electrons. The van der Waals surface area contributed by atoms with E-state index in [1.54, 1.807) is 22.1 Å². The van der Waals surface area contributed by atoms with Gasteiger partial charge in [0.25, 0.3) is 5.91 Å². The number of likely N-dealkylation sites (N-methyl/N-ethyl adjacent to an activating group) is 1. The van der Waals surface area contributed by atoms with Gasteiger partial charge in [-0.3, -0.25) is 19.1 Å². The van der Waals surface area contributed by atoms with Gasteiger partial charge in [0, 0.05) is 62.1 Å². The Morgan fingerprint density at radius 2 is 1.73 bits per heavy atom. The second-order valence-corrected chi connectivity index (χ2v) is 13.2. The quantitative estimate of drug-likeness (QED) is 0.180. The first kappa shape index (κ1) is 31.4. The monoisotopic (exact) mass is 644 g/mol. The van der Waals surface area contributed by atoms with Gasteiger partial charge in [0.15, 0.2) is 11.5 Å². The van der Waals surface area contributed by atoms with Crippen LogP contribution in [0.1, 0.15) is 55.3 Å². The number of nitriles is 1. The first-order chi connectivity index (χ1) is 23.4. The number of fused-ring (bicyclic) bond motifs is 1. The van der Waals surface area contributed by atoms with Crippen LogP contribution in [0.25, 0.3) is 28.2 Å². The molecule has 0 radical (unpaired) electrons. The zero-order chi connectivity index (χ0) is 33.2. The first-order valence-corrected chi connectivity index (χ1v) is 16.8. The lowest BCUT2D eigenvalue weighted by molar-refractivity contribution is -0.131. The standard InChI is InChI=1S/C24H25N7.C12H15N3O2/c1-30-12-10-16(14-30)19-7-6-17(13-27-19)31-23(18-3-2-11-26-22(18)25)29-21-9-8-20(15-4-5-15)28-24(21)31;13-8-11(7-10-1-2-10)12(17)15-5-3-14(9-16)4-6-15/h2-3,6-9,11,13,15-16H,4-5,10,12,14H2,1H3,(H2,25,26);7,9-10H,1-6H2/b;11-7+. The first-order valence-electron chi connectivity index (χ1n) is 16.8. The highest BCUT2D eigenvalue weighted by Gasteiger charge is 2.28. The molecule has 2 aliphatic heterocycles. The molecule has 2 saturated heterocycles. The Morgan fingerprint density at radius 3 is 2.35 bits per heavy atom. The maximum absolute atomic E-state index is 12.0. The van der Waals surface area contributed by atoms with Crippen molar-refractivity contribution in [3.8, 4) is 23.1 Å². The number of nitrogen functional groups attached to an aromatic ring is 1. The van der Waals surface area contributed by atoms with Gasteiger partial charge < -0.3 is 20.4 Å². The number of allylic oxidation sites excluding steroid dienone is 1. The van der Waals surface area contributed by atoms with Crippen molar-refractivity contribution in [1.29, 1.82) is 5.26 Å². The van der Waals surface area contributed by atoms with E-state index in [4.69, 9.17) is 25.9 Å². The maximum atomic E-state index is 12.0. The van der Waals surface area contributed by atoms with Gasteiger partial charge in [0.2, 0.25) is 6.41 Å². The van der Waals surface area contributed by atoms with E-state index in [0.717, 1.165) is 78.4 Å². The number of rotatable bonds is 7. The molecule has 2 N–H and O–H groups in total. The minimum atomic E-state index is -0.190. The number of anilines is 1. The fourth-order valence-corrected chi connectivity index (χ4v) is 6.41. The Morgan fingerprint density at radius 1 is 0.938 bits per heavy atom. The summed E-state index contributed by atoms with van der Waals surface area (Å²) in [7, 11) is 2.17. The molecule has 12 nitrogen and oxygen atoms in total. The Hall–Kier alpha value is -5.15. The average Bonchev–Trinajstić information content (AvgIpc) is 4.06. The van der Waals surface area contributed by atoms with Crippen LogP contribution in [-0.2, 0) is 9.59 Å². The fraction of sp³-hybridized carbons (Fsp3) is 0.417. The second-order valence-electron chi connectivity index (χ2n) is 13.2. The molecule has 8 rings (SSSR count). The van der Waals surface area contributed by atoms with Crippen molar-refractivity contribution in [2.45, 2.75) is 43.9 Å². The Bertz CT molecular complexity index is 1880. The number of nitrogens with two attached hydrogens (primary N) is 1. The summed E-state index contributed by atoms with van der Waals surface area (Å²) in [6.07, 6.45) is 12.0. The van der Waals surface area contributed by atoms with E-state index >= 15 is 0 Å². The summed E-state index contributed by atoms with van der Waals surface area (Å²) in [5.41, 5.74) is 12.2. The van der Waals surface area contributed by atoms with E-state index in [1.807, 2.05) is 24.4 Å². The number of hydrogen-bond acceptors (Lipinski definition) is 9. The molecule has 2 aliphatic carbocycles. The largest absolute Gasteiger partial charge is 0.383 e. The molecule has 1 unspecified atom stereocenters. The molecule has 4 fully saturated rings. The summed E-state index contributed by atoms with van der Waals surface area (Å²) in [4.78, 5) is 47.2. The van der Waals surface area contributed by atoms with Gasteiger partial charge in [0.1, 0.15) is 23.0 Å². The SMILES string of the molecule is CN1CCC(c2ccc(-n3c(-c4cccnc4N)nc4ccc(C5CC5)nc43)cn2)C1.N#C/C(=C\C1CC1)C(=O)N1CCN(C=O)CC1. The van der Waals surface area contributed by atoms with Crippen LogP contribution in [-0.4, -0.2) is 97.8 Å². The van der Waals surface area contributed by atoms with Gasteiger partial charge >= 0.3 is 0 Å². The Kier molecular flexibility index (Phi) is 8.86. The zero-order valence-corrected chi connectivity index (χ0v) is 27.2. The van der Waals surface area contributed by atoms with Crippen LogP contribution in [0.5, 0.6) is 0 Å². The Balaban J connectivity index is 0.000000182. The van der Waals surface area contributed by atoms with Gasteiger partial charge in [-0.25, -0.2) is 15.0 Å². The summed E-state index contributed by atoms with van der Waals surface area (Å²) >= 11 is 0.